The topological polar surface area (TPSA) is 79.9 Å². The molecule has 3 rings (SSSR count). The number of ether oxygens (including phenoxy) is 2. The van der Waals surface area contributed by atoms with Gasteiger partial charge in [-0.15, -0.1) is 0 Å². The molecule has 2 amide bonds. The van der Waals surface area contributed by atoms with E-state index in [4.69, 9.17) is 9.47 Å². The van der Waals surface area contributed by atoms with Gasteiger partial charge in [0.2, 0.25) is 5.91 Å². The van der Waals surface area contributed by atoms with Crippen molar-refractivity contribution in [1.82, 2.24) is 15.5 Å². The molecule has 8 heteroatoms. The molecule has 1 saturated heterocycles. The number of nitrogens with zero attached hydrogens (tertiary/aromatic N) is 1. The molecule has 0 unspecified atom stereocenters. The lowest BCUT2D eigenvalue weighted by Gasteiger charge is -2.35. The minimum absolute atomic E-state index is 0.00906. The van der Waals surface area contributed by atoms with Crippen molar-refractivity contribution in [3.63, 3.8) is 0 Å². The molecule has 7 nitrogen and oxygen atoms in total. The molecule has 2 atom stereocenters. The van der Waals surface area contributed by atoms with Gasteiger partial charge in [-0.1, -0.05) is 30.3 Å². The maximum Gasteiger partial charge on any atom is 0.251 e. The molecule has 0 spiro atoms. The second-order valence-corrected chi connectivity index (χ2v) is 8.84. The van der Waals surface area contributed by atoms with Crippen molar-refractivity contribution < 1.29 is 19.1 Å². The van der Waals surface area contributed by atoms with Gasteiger partial charge in [0, 0.05) is 25.2 Å². The predicted octanol–water partition coefficient (Wildman–Crippen LogP) is 2.74. The van der Waals surface area contributed by atoms with Crippen LogP contribution in [0, 0.1) is 0 Å². The van der Waals surface area contributed by atoms with Crippen molar-refractivity contribution >= 4 is 23.6 Å². The zero-order chi connectivity index (χ0) is 23.5. The van der Waals surface area contributed by atoms with Crippen LogP contribution in [-0.2, 0) is 9.53 Å². The molecule has 2 aromatic rings. The number of nitrogens with one attached hydrogen (secondary N) is 2. The molecule has 2 N–H and O–H groups in total. The van der Waals surface area contributed by atoms with Crippen molar-refractivity contribution in [2.24, 2.45) is 0 Å². The van der Waals surface area contributed by atoms with Crippen molar-refractivity contribution in [1.29, 1.82) is 0 Å². The molecule has 1 aliphatic heterocycles. The summed E-state index contributed by atoms with van der Waals surface area (Å²) in [6.45, 7) is 3.39. The Morgan fingerprint density at radius 2 is 1.79 bits per heavy atom. The van der Waals surface area contributed by atoms with Crippen LogP contribution in [0.15, 0.2) is 54.6 Å². The number of rotatable bonds is 11. The molecule has 0 radical (unpaired) electrons. The summed E-state index contributed by atoms with van der Waals surface area (Å²) in [7, 11) is 1.65. The van der Waals surface area contributed by atoms with Gasteiger partial charge in [-0.05, 0) is 48.3 Å². The van der Waals surface area contributed by atoms with Gasteiger partial charge in [-0.2, -0.15) is 11.8 Å². The Hall–Kier alpha value is -2.55. The molecule has 1 aliphatic rings. The fourth-order valence-corrected chi connectivity index (χ4v) is 4.30. The third kappa shape index (κ3) is 7.48. The quantitative estimate of drug-likeness (QED) is 0.525. The number of carbonyl (C=O) groups excluding carboxylic acids is 2. The van der Waals surface area contributed by atoms with Crippen LogP contribution in [0.1, 0.15) is 28.4 Å². The average Bonchev–Trinajstić information content (AvgIpc) is 2.88. The molecule has 1 fully saturated rings. The summed E-state index contributed by atoms with van der Waals surface area (Å²) < 4.78 is 10.8. The molecule has 178 valence electrons. The van der Waals surface area contributed by atoms with Crippen LogP contribution in [0.25, 0.3) is 0 Å². The van der Waals surface area contributed by atoms with Crippen molar-refractivity contribution in [2.75, 3.05) is 52.0 Å². The standard InChI is InChI=1S/C25H33N3O4S/c1-31-21-10-8-19(9-11-21)23(28-13-15-32-16-14-28)18-26-25(30)22(12-17-33-2)27-24(29)20-6-4-3-5-7-20/h3-11,22-23H,12-18H2,1-2H3,(H,26,30)(H,27,29)/t22-,23-/m0/s1. The van der Waals surface area contributed by atoms with E-state index in [-0.39, 0.29) is 17.9 Å². The number of methoxy groups -OCH3 is 1. The van der Waals surface area contributed by atoms with Gasteiger partial charge in [0.05, 0.1) is 26.4 Å². The van der Waals surface area contributed by atoms with Crippen LogP contribution in [-0.4, -0.2) is 74.7 Å². The van der Waals surface area contributed by atoms with Gasteiger partial charge in [-0.3, -0.25) is 14.5 Å². The van der Waals surface area contributed by atoms with Gasteiger partial charge in [0.15, 0.2) is 0 Å². The van der Waals surface area contributed by atoms with Crippen LogP contribution in [0.3, 0.4) is 0 Å². The lowest BCUT2D eigenvalue weighted by atomic mass is 10.0. The first-order valence-electron chi connectivity index (χ1n) is 11.2. The van der Waals surface area contributed by atoms with Crippen LogP contribution >= 0.6 is 11.8 Å². The first kappa shape index (κ1) is 25.1. The predicted molar refractivity (Wildman–Crippen MR) is 132 cm³/mol. The van der Waals surface area contributed by atoms with E-state index in [9.17, 15) is 9.59 Å². The monoisotopic (exact) mass is 471 g/mol. The zero-order valence-electron chi connectivity index (χ0n) is 19.3. The van der Waals surface area contributed by atoms with E-state index in [1.165, 1.54) is 0 Å². The van der Waals surface area contributed by atoms with Crippen LogP contribution in [0.4, 0.5) is 0 Å². The smallest absolute Gasteiger partial charge is 0.251 e. The largest absolute Gasteiger partial charge is 0.497 e. The van der Waals surface area contributed by atoms with Gasteiger partial charge in [0.25, 0.3) is 5.91 Å². The summed E-state index contributed by atoms with van der Waals surface area (Å²) in [4.78, 5) is 28.1. The fraction of sp³-hybridized carbons (Fsp3) is 0.440. The Morgan fingerprint density at radius 3 is 2.42 bits per heavy atom. The third-order valence-electron chi connectivity index (χ3n) is 5.73. The fourth-order valence-electron chi connectivity index (χ4n) is 3.83. The SMILES string of the molecule is COc1ccc([C@H](CNC(=O)[C@H](CCSC)NC(=O)c2ccccc2)N2CCOCC2)cc1. The number of hydrogen-bond donors (Lipinski definition) is 2. The number of morpholine rings is 1. The highest BCUT2D eigenvalue weighted by Gasteiger charge is 2.26. The van der Waals surface area contributed by atoms with Crippen molar-refractivity contribution in [2.45, 2.75) is 18.5 Å². The lowest BCUT2D eigenvalue weighted by Crippen LogP contribution is -2.50. The molecule has 0 bridgehead atoms. The van der Waals surface area contributed by atoms with Crippen LogP contribution in [0.2, 0.25) is 0 Å². The molecular formula is C25H33N3O4S. The highest BCUT2D eigenvalue weighted by atomic mass is 32.2. The van der Waals surface area contributed by atoms with E-state index in [1.807, 2.05) is 48.7 Å². The van der Waals surface area contributed by atoms with Crippen LogP contribution in [0.5, 0.6) is 5.75 Å². The highest BCUT2D eigenvalue weighted by molar-refractivity contribution is 7.98. The molecule has 33 heavy (non-hydrogen) atoms. The second-order valence-electron chi connectivity index (χ2n) is 7.86. The Balaban J connectivity index is 1.68. The second kappa shape index (κ2) is 13.2. The third-order valence-corrected chi connectivity index (χ3v) is 6.37. The molecule has 1 heterocycles. The van der Waals surface area contributed by atoms with Crippen LogP contribution < -0.4 is 15.4 Å². The molecular weight excluding hydrogens is 438 g/mol. The Morgan fingerprint density at radius 1 is 1.09 bits per heavy atom. The maximum absolute atomic E-state index is 13.1. The normalized spacial score (nSPS) is 15.9. The highest BCUT2D eigenvalue weighted by Crippen LogP contribution is 2.23. The molecule has 0 aliphatic carbocycles. The summed E-state index contributed by atoms with van der Waals surface area (Å²) in [6.07, 6.45) is 2.56. The van der Waals surface area contributed by atoms with Gasteiger partial charge in [-0.25, -0.2) is 0 Å². The number of amides is 2. The van der Waals surface area contributed by atoms with E-state index in [2.05, 4.69) is 15.5 Å². The van der Waals surface area contributed by atoms with E-state index in [0.717, 1.165) is 30.2 Å². The summed E-state index contributed by atoms with van der Waals surface area (Å²) in [6, 6.07) is 16.3. The number of hydrogen-bond acceptors (Lipinski definition) is 6. The Bertz CT molecular complexity index is 873. The number of carbonyl (C=O) groups is 2. The number of thioether (sulfide) groups is 1. The Labute approximate surface area is 200 Å². The zero-order valence-corrected chi connectivity index (χ0v) is 20.1. The van der Waals surface area contributed by atoms with E-state index in [0.29, 0.717) is 31.7 Å². The van der Waals surface area contributed by atoms with Gasteiger partial charge in [0.1, 0.15) is 11.8 Å². The first-order chi connectivity index (χ1) is 16.1. The Kier molecular flexibility index (Phi) is 10.1. The average molecular weight is 472 g/mol. The van der Waals surface area contributed by atoms with E-state index >= 15 is 0 Å². The summed E-state index contributed by atoms with van der Waals surface area (Å²) >= 11 is 1.65. The summed E-state index contributed by atoms with van der Waals surface area (Å²) in [5.41, 5.74) is 1.65. The molecule has 2 aromatic carbocycles. The van der Waals surface area contributed by atoms with Crippen molar-refractivity contribution in [3.05, 3.63) is 65.7 Å². The molecule has 0 saturated carbocycles. The van der Waals surface area contributed by atoms with Gasteiger partial charge < -0.3 is 20.1 Å². The van der Waals surface area contributed by atoms with E-state index in [1.54, 1.807) is 31.0 Å². The minimum atomic E-state index is -0.591. The van der Waals surface area contributed by atoms with Crippen molar-refractivity contribution in [3.8, 4) is 5.75 Å². The first-order valence-corrected chi connectivity index (χ1v) is 12.6. The number of benzene rings is 2. The minimum Gasteiger partial charge on any atom is -0.497 e. The lowest BCUT2D eigenvalue weighted by molar-refractivity contribution is -0.123. The van der Waals surface area contributed by atoms with E-state index < -0.39 is 6.04 Å². The molecule has 0 aromatic heterocycles. The maximum atomic E-state index is 13.1. The van der Waals surface area contributed by atoms with Gasteiger partial charge >= 0.3 is 0 Å². The summed E-state index contributed by atoms with van der Waals surface area (Å²) in [5, 5.41) is 6.01. The summed E-state index contributed by atoms with van der Waals surface area (Å²) in [5.74, 6) is 1.17.